The van der Waals surface area contributed by atoms with Crippen molar-refractivity contribution in [2.45, 2.75) is 51.1 Å². The third kappa shape index (κ3) is 2.23. The number of benzene rings is 1. The van der Waals surface area contributed by atoms with Gasteiger partial charge in [-0.2, -0.15) is 0 Å². The molecule has 1 aliphatic rings. The number of rotatable bonds is 2. The van der Waals surface area contributed by atoms with Crippen molar-refractivity contribution in [3.05, 3.63) is 35.9 Å². The van der Waals surface area contributed by atoms with E-state index < -0.39 is 0 Å². The minimum Gasteiger partial charge on any atom is -0.303 e. The largest absolute Gasteiger partial charge is 0.303 e. The SMILES string of the molecule is CC(C)(C)NC1(c2ccccc2)CCC1. The van der Waals surface area contributed by atoms with Crippen molar-refractivity contribution >= 4 is 0 Å². The Morgan fingerprint density at radius 2 is 1.67 bits per heavy atom. The molecular weight excluding hydrogens is 182 g/mol. The lowest BCUT2D eigenvalue weighted by molar-refractivity contribution is 0.139. The Hall–Kier alpha value is -0.820. The third-order valence-corrected chi connectivity index (χ3v) is 3.15. The maximum Gasteiger partial charge on any atom is 0.0438 e. The minimum atomic E-state index is 0.191. The first-order valence-electron chi connectivity index (χ1n) is 5.87. The van der Waals surface area contributed by atoms with Crippen molar-refractivity contribution < 1.29 is 0 Å². The smallest absolute Gasteiger partial charge is 0.0438 e. The van der Waals surface area contributed by atoms with Gasteiger partial charge in [0.25, 0.3) is 0 Å². The summed E-state index contributed by atoms with van der Waals surface area (Å²) in [4.78, 5) is 0. The van der Waals surface area contributed by atoms with Crippen LogP contribution in [0.25, 0.3) is 0 Å². The Labute approximate surface area is 92.9 Å². The third-order valence-electron chi connectivity index (χ3n) is 3.15. The second-order valence-electron chi connectivity index (χ2n) is 5.68. The van der Waals surface area contributed by atoms with Crippen molar-refractivity contribution in [2.24, 2.45) is 0 Å². The molecule has 0 atom stereocenters. The Balaban J connectivity index is 2.23. The lowest BCUT2D eigenvalue weighted by atomic mass is 9.70. The molecule has 1 saturated carbocycles. The lowest BCUT2D eigenvalue weighted by Crippen LogP contribution is -2.55. The van der Waals surface area contributed by atoms with Gasteiger partial charge in [0.05, 0.1) is 0 Å². The van der Waals surface area contributed by atoms with Gasteiger partial charge in [-0.3, -0.25) is 0 Å². The molecule has 1 N–H and O–H groups in total. The summed E-state index contributed by atoms with van der Waals surface area (Å²) in [5.74, 6) is 0. The standard InChI is InChI=1S/C14H21N/c1-13(2,3)15-14(10-7-11-14)12-8-5-4-6-9-12/h4-6,8-9,15H,7,10-11H2,1-3H3. The van der Waals surface area contributed by atoms with Crippen molar-refractivity contribution in [3.63, 3.8) is 0 Å². The lowest BCUT2D eigenvalue weighted by Gasteiger charge is -2.47. The molecule has 0 amide bonds. The van der Waals surface area contributed by atoms with Crippen LogP contribution < -0.4 is 5.32 Å². The second-order valence-corrected chi connectivity index (χ2v) is 5.68. The highest BCUT2D eigenvalue weighted by Crippen LogP contribution is 2.42. The van der Waals surface area contributed by atoms with Crippen LogP contribution in [-0.4, -0.2) is 5.54 Å². The highest BCUT2D eigenvalue weighted by molar-refractivity contribution is 5.27. The number of hydrogen-bond donors (Lipinski definition) is 1. The summed E-state index contributed by atoms with van der Waals surface area (Å²) in [6.07, 6.45) is 3.89. The fourth-order valence-corrected chi connectivity index (χ4v) is 2.49. The van der Waals surface area contributed by atoms with E-state index in [9.17, 15) is 0 Å². The van der Waals surface area contributed by atoms with Gasteiger partial charge < -0.3 is 5.32 Å². The first-order valence-corrected chi connectivity index (χ1v) is 5.87. The normalized spacial score (nSPS) is 19.7. The molecule has 1 aliphatic carbocycles. The molecule has 1 heteroatoms. The van der Waals surface area contributed by atoms with Gasteiger partial charge in [0.2, 0.25) is 0 Å². The molecule has 1 aromatic rings. The Bertz CT molecular complexity index is 317. The van der Waals surface area contributed by atoms with Crippen LogP contribution in [0.15, 0.2) is 30.3 Å². The van der Waals surface area contributed by atoms with Crippen molar-refractivity contribution in [1.82, 2.24) is 5.32 Å². The highest BCUT2D eigenvalue weighted by Gasteiger charge is 2.40. The summed E-state index contributed by atoms with van der Waals surface area (Å²) in [5, 5.41) is 3.79. The van der Waals surface area contributed by atoms with Gasteiger partial charge in [-0.15, -0.1) is 0 Å². The molecule has 1 fully saturated rings. The Kier molecular flexibility index (Phi) is 2.59. The molecule has 0 heterocycles. The van der Waals surface area contributed by atoms with E-state index in [0.717, 1.165) is 0 Å². The molecule has 0 radical (unpaired) electrons. The highest BCUT2D eigenvalue weighted by atomic mass is 15.1. The van der Waals surface area contributed by atoms with Crippen LogP contribution >= 0.6 is 0 Å². The molecule has 1 aromatic carbocycles. The maximum atomic E-state index is 3.79. The molecular formula is C14H21N. The molecule has 2 rings (SSSR count). The van der Waals surface area contributed by atoms with Crippen LogP contribution in [0.4, 0.5) is 0 Å². The van der Waals surface area contributed by atoms with E-state index in [1.807, 2.05) is 0 Å². The zero-order chi connectivity index (χ0) is 10.9. The fourth-order valence-electron chi connectivity index (χ4n) is 2.49. The van der Waals surface area contributed by atoms with Crippen LogP contribution in [0.3, 0.4) is 0 Å². The average molecular weight is 203 g/mol. The predicted molar refractivity (Wildman–Crippen MR) is 64.9 cm³/mol. The molecule has 0 spiro atoms. The molecule has 0 aliphatic heterocycles. The molecule has 0 unspecified atom stereocenters. The van der Waals surface area contributed by atoms with Crippen molar-refractivity contribution in [3.8, 4) is 0 Å². The van der Waals surface area contributed by atoms with Crippen LogP contribution in [0.5, 0.6) is 0 Å². The molecule has 0 bridgehead atoms. The summed E-state index contributed by atoms with van der Waals surface area (Å²) in [6.45, 7) is 6.74. The summed E-state index contributed by atoms with van der Waals surface area (Å²) in [5.41, 5.74) is 1.89. The van der Waals surface area contributed by atoms with Crippen LogP contribution in [0.1, 0.15) is 45.6 Å². The Morgan fingerprint density at radius 3 is 2.07 bits per heavy atom. The number of hydrogen-bond acceptors (Lipinski definition) is 1. The molecule has 15 heavy (non-hydrogen) atoms. The van der Waals surface area contributed by atoms with E-state index in [-0.39, 0.29) is 11.1 Å². The average Bonchev–Trinajstić information content (AvgIpc) is 2.11. The minimum absolute atomic E-state index is 0.191. The predicted octanol–water partition coefficient (Wildman–Crippen LogP) is 3.45. The van der Waals surface area contributed by atoms with E-state index in [4.69, 9.17) is 0 Å². The van der Waals surface area contributed by atoms with E-state index in [1.165, 1.54) is 24.8 Å². The van der Waals surface area contributed by atoms with Gasteiger partial charge >= 0.3 is 0 Å². The molecule has 82 valence electrons. The van der Waals surface area contributed by atoms with Gasteiger partial charge in [-0.05, 0) is 45.6 Å². The van der Waals surface area contributed by atoms with Gasteiger partial charge in [0, 0.05) is 11.1 Å². The van der Waals surface area contributed by atoms with E-state index in [1.54, 1.807) is 0 Å². The Morgan fingerprint density at radius 1 is 1.07 bits per heavy atom. The van der Waals surface area contributed by atoms with Gasteiger partial charge in [0.15, 0.2) is 0 Å². The topological polar surface area (TPSA) is 12.0 Å². The first-order chi connectivity index (χ1) is 7.02. The maximum absolute atomic E-state index is 3.79. The second kappa shape index (κ2) is 3.64. The van der Waals surface area contributed by atoms with Gasteiger partial charge in [-0.1, -0.05) is 30.3 Å². The van der Waals surface area contributed by atoms with E-state index in [2.05, 4.69) is 56.4 Å². The van der Waals surface area contributed by atoms with Gasteiger partial charge in [-0.25, -0.2) is 0 Å². The summed E-state index contributed by atoms with van der Waals surface area (Å²) < 4.78 is 0. The zero-order valence-electron chi connectivity index (χ0n) is 10.0. The first kappa shape index (κ1) is 10.7. The monoisotopic (exact) mass is 203 g/mol. The summed E-state index contributed by atoms with van der Waals surface area (Å²) in [7, 11) is 0. The van der Waals surface area contributed by atoms with Crippen LogP contribution in [0.2, 0.25) is 0 Å². The molecule has 0 saturated heterocycles. The summed E-state index contributed by atoms with van der Waals surface area (Å²) >= 11 is 0. The summed E-state index contributed by atoms with van der Waals surface area (Å²) in [6, 6.07) is 10.9. The number of nitrogens with one attached hydrogen (secondary N) is 1. The van der Waals surface area contributed by atoms with Crippen LogP contribution in [0, 0.1) is 0 Å². The van der Waals surface area contributed by atoms with Crippen molar-refractivity contribution in [1.29, 1.82) is 0 Å². The quantitative estimate of drug-likeness (QED) is 0.776. The fraction of sp³-hybridized carbons (Fsp3) is 0.571. The van der Waals surface area contributed by atoms with Crippen molar-refractivity contribution in [2.75, 3.05) is 0 Å². The van der Waals surface area contributed by atoms with Crippen LogP contribution in [-0.2, 0) is 5.54 Å². The molecule has 1 nitrogen and oxygen atoms in total. The van der Waals surface area contributed by atoms with E-state index >= 15 is 0 Å². The van der Waals surface area contributed by atoms with E-state index in [0.29, 0.717) is 0 Å². The van der Waals surface area contributed by atoms with Gasteiger partial charge in [0.1, 0.15) is 0 Å². The molecule has 0 aromatic heterocycles. The zero-order valence-corrected chi connectivity index (χ0v) is 10.0.